The summed E-state index contributed by atoms with van der Waals surface area (Å²) in [6.45, 7) is 0.872. The minimum absolute atomic E-state index is 0.00275. The molecule has 1 aromatic carbocycles. The number of pyridine rings is 1. The van der Waals surface area contributed by atoms with E-state index in [1.165, 1.54) is 24.1 Å². The first-order chi connectivity index (χ1) is 15.5. The molecule has 32 heavy (non-hydrogen) atoms. The van der Waals surface area contributed by atoms with E-state index in [1.807, 2.05) is 10.8 Å². The normalized spacial score (nSPS) is 17.7. The molecular formula is C23H21FN4O4. The molecule has 0 unspecified atom stereocenters. The second-order valence-corrected chi connectivity index (χ2v) is 7.27. The number of nitrogens with zero attached hydrogens (tertiary/aromatic N) is 4. The smallest absolute Gasteiger partial charge is 0.295 e. The molecular weight excluding hydrogens is 415 g/mol. The fourth-order valence-electron chi connectivity index (χ4n) is 3.86. The Hall–Kier alpha value is -4.01. The SMILES string of the molecule is COc1ccc(F)cc1C(O)=C1C(=O)C(=O)N(CCCn2ccnc2)[C@@H]1c1ccncc1. The number of carbonyl (C=O) groups excluding carboxylic acids is 2. The third-order valence-corrected chi connectivity index (χ3v) is 5.35. The number of halogens is 1. The van der Waals surface area contributed by atoms with Gasteiger partial charge in [0.25, 0.3) is 11.7 Å². The van der Waals surface area contributed by atoms with Gasteiger partial charge in [0, 0.05) is 37.9 Å². The van der Waals surface area contributed by atoms with Gasteiger partial charge in [-0.2, -0.15) is 0 Å². The number of Topliss-reactive ketones (excluding diaryl/α,β-unsaturated/α-hetero) is 1. The van der Waals surface area contributed by atoms with Crippen LogP contribution < -0.4 is 4.74 Å². The number of rotatable bonds is 7. The van der Waals surface area contributed by atoms with Gasteiger partial charge in [0.15, 0.2) is 0 Å². The number of aliphatic hydroxyl groups is 1. The molecule has 0 saturated carbocycles. The number of ether oxygens (including phenoxy) is 1. The van der Waals surface area contributed by atoms with Crippen molar-refractivity contribution in [2.24, 2.45) is 0 Å². The molecule has 1 N–H and O–H groups in total. The Balaban J connectivity index is 1.76. The molecule has 0 aliphatic carbocycles. The minimum Gasteiger partial charge on any atom is -0.507 e. The number of imidazole rings is 1. The minimum atomic E-state index is -0.839. The molecule has 8 nitrogen and oxygen atoms in total. The van der Waals surface area contributed by atoms with Crippen LogP contribution in [-0.4, -0.2) is 49.9 Å². The van der Waals surface area contributed by atoms with E-state index in [-0.39, 0.29) is 23.4 Å². The van der Waals surface area contributed by atoms with Crippen LogP contribution >= 0.6 is 0 Å². The zero-order chi connectivity index (χ0) is 22.7. The standard InChI is InChI=1S/C23H21FN4O4/c1-32-18-4-3-16(24)13-17(18)21(29)19-20(15-5-7-25-8-6-15)28(23(31)22(19)30)11-2-10-27-12-9-26-14-27/h3-9,12-14,20,29H,2,10-11H2,1H3/t20-/m1/s1. The average Bonchev–Trinajstić information content (AvgIpc) is 3.41. The van der Waals surface area contributed by atoms with Crippen LogP contribution in [0, 0.1) is 5.82 Å². The fraction of sp³-hybridized carbons (Fsp3) is 0.217. The van der Waals surface area contributed by atoms with Crippen molar-refractivity contribution in [2.45, 2.75) is 19.0 Å². The molecule has 3 heterocycles. The Morgan fingerprint density at radius 2 is 1.91 bits per heavy atom. The highest BCUT2D eigenvalue weighted by Crippen LogP contribution is 2.40. The summed E-state index contributed by atoms with van der Waals surface area (Å²) in [6, 6.07) is 6.13. The number of aromatic nitrogens is 3. The van der Waals surface area contributed by atoms with Gasteiger partial charge in [0.2, 0.25) is 0 Å². The summed E-state index contributed by atoms with van der Waals surface area (Å²) >= 11 is 0. The van der Waals surface area contributed by atoms with E-state index in [0.29, 0.717) is 18.5 Å². The molecule has 3 aromatic rings. The van der Waals surface area contributed by atoms with Gasteiger partial charge in [-0.1, -0.05) is 0 Å². The lowest BCUT2D eigenvalue weighted by atomic mass is 9.95. The lowest BCUT2D eigenvalue weighted by Gasteiger charge is -2.25. The summed E-state index contributed by atoms with van der Waals surface area (Å²) in [4.78, 5) is 35.4. The molecule has 4 rings (SSSR count). The molecule has 0 bridgehead atoms. The zero-order valence-corrected chi connectivity index (χ0v) is 17.3. The van der Waals surface area contributed by atoms with Crippen molar-refractivity contribution in [3.63, 3.8) is 0 Å². The second-order valence-electron chi connectivity index (χ2n) is 7.27. The van der Waals surface area contributed by atoms with Crippen molar-refractivity contribution in [1.29, 1.82) is 0 Å². The molecule has 1 aliphatic rings. The number of aliphatic hydroxyl groups excluding tert-OH is 1. The molecule has 0 spiro atoms. The van der Waals surface area contributed by atoms with E-state index in [1.54, 1.807) is 37.1 Å². The third-order valence-electron chi connectivity index (χ3n) is 5.35. The molecule has 1 atom stereocenters. The van der Waals surface area contributed by atoms with Gasteiger partial charge in [-0.25, -0.2) is 9.37 Å². The van der Waals surface area contributed by atoms with E-state index in [4.69, 9.17) is 4.74 Å². The monoisotopic (exact) mass is 436 g/mol. The van der Waals surface area contributed by atoms with Crippen molar-refractivity contribution >= 4 is 17.4 Å². The van der Waals surface area contributed by atoms with Gasteiger partial charge in [-0.05, 0) is 42.3 Å². The zero-order valence-electron chi connectivity index (χ0n) is 17.3. The van der Waals surface area contributed by atoms with Crippen LogP contribution in [0.5, 0.6) is 5.75 Å². The van der Waals surface area contributed by atoms with E-state index < -0.39 is 29.3 Å². The third kappa shape index (κ3) is 3.96. The lowest BCUT2D eigenvalue weighted by Crippen LogP contribution is -2.31. The number of benzene rings is 1. The summed E-state index contributed by atoms with van der Waals surface area (Å²) in [5.74, 6) is -2.47. The quantitative estimate of drug-likeness (QED) is 0.348. The van der Waals surface area contributed by atoms with Crippen LogP contribution in [0.3, 0.4) is 0 Å². The van der Waals surface area contributed by atoms with Gasteiger partial charge < -0.3 is 19.3 Å². The highest BCUT2D eigenvalue weighted by molar-refractivity contribution is 6.46. The second kappa shape index (κ2) is 9.01. The Bertz CT molecular complexity index is 1160. The van der Waals surface area contributed by atoms with Crippen LogP contribution in [0.1, 0.15) is 23.6 Å². The van der Waals surface area contributed by atoms with Gasteiger partial charge in [-0.3, -0.25) is 14.6 Å². The van der Waals surface area contributed by atoms with Gasteiger partial charge >= 0.3 is 0 Å². The molecule has 9 heteroatoms. The van der Waals surface area contributed by atoms with Crippen LogP contribution in [0.25, 0.3) is 5.76 Å². The van der Waals surface area contributed by atoms with Gasteiger partial charge in [0.05, 0.1) is 30.6 Å². The maximum atomic E-state index is 13.9. The Morgan fingerprint density at radius 1 is 1.12 bits per heavy atom. The number of hydrogen-bond acceptors (Lipinski definition) is 6. The maximum Gasteiger partial charge on any atom is 0.295 e. The summed E-state index contributed by atoms with van der Waals surface area (Å²) < 4.78 is 21.0. The molecule has 1 saturated heterocycles. The highest BCUT2D eigenvalue weighted by Gasteiger charge is 2.46. The Morgan fingerprint density at radius 3 is 2.59 bits per heavy atom. The van der Waals surface area contributed by atoms with E-state index in [2.05, 4.69) is 9.97 Å². The van der Waals surface area contributed by atoms with E-state index in [0.717, 1.165) is 6.07 Å². The van der Waals surface area contributed by atoms with E-state index in [9.17, 15) is 19.1 Å². The number of methoxy groups -OCH3 is 1. The first kappa shape index (κ1) is 21.2. The maximum absolute atomic E-state index is 13.9. The summed E-state index contributed by atoms with van der Waals surface area (Å²) in [6.07, 6.45) is 8.80. The summed E-state index contributed by atoms with van der Waals surface area (Å²) in [5, 5.41) is 11.1. The number of hydrogen-bond donors (Lipinski definition) is 1. The first-order valence-corrected chi connectivity index (χ1v) is 9.99. The molecule has 164 valence electrons. The molecule has 1 amide bonds. The van der Waals surface area contributed by atoms with Crippen LogP contribution in [-0.2, 0) is 16.1 Å². The highest BCUT2D eigenvalue weighted by atomic mass is 19.1. The predicted molar refractivity (Wildman–Crippen MR) is 113 cm³/mol. The number of ketones is 1. The largest absolute Gasteiger partial charge is 0.507 e. The average molecular weight is 436 g/mol. The van der Waals surface area contributed by atoms with Crippen LogP contribution in [0.2, 0.25) is 0 Å². The molecule has 0 radical (unpaired) electrons. The Kier molecular flexibility index (Phi) is 5.98. The number of aryl methyl sites for hydroxylation is 1. The number of likely N-dealkylation sites (tertiary alicyclic amines) is 1. The molecule has 1 aliphatic heterocycles. The van der Waals surface area contributed by atoms with Gasteiger partial charge in [-0.15, -0.1) is 0 Å². The number of carbonyl (C=O) groups is 2. The van der Waals surface area contributed by atoms with Crippen molar-refractivity contribution in [3.8, 4) is 5.75 Å². The summed E-state index contributed by atoms with van der Waals surface area (Å²) in [7, 11) is 1.37. The molecule has 1 fully saturated rings. The van der Waals surface area contributed by atoms with Crippen LogP contribution in [0.4, 0.5) is 4.39 Å². The predicted octanol–water partition coefficient (Wildman–Crippen LogP) is 2.94. The number of amides is 1. The van der Waals surface area contributed by atoms with Crippen molar-refractivity contribution < 1.29 is 23.8 Å². The van der Waals surface area contributed by atoms with Crippen molar-refractivity contribution in [1.82, 2.24) is 19.4 Å². The first-order valence-electron chi connectivity index (χ1n) is 9.99. The van der Waals surface area contributed by atoms with Crippen molar-refractivity contribution in [2.75, 3.05) is 13.7 Å². The summed E-state index contributed by atoms with van der Waals surface area (Å²) in [5.41, 5.74) is 0.495. The lowest BCUT2D eigenvalue weighted by molar-refractivity contribution is -0.139. The Labute approximate surface area is 183 Å². The molecule has 2 aromatic heterocycles. The topological polar surface area (TPSA) is 97.6 Å². The van der Waals surface area contributed by atoms with E-state index >= 15 is 0 Å². The fourth-order valence-corrected chi connectivity index (χ4v) is 3.86. The van der Waals surface area contributed by atoms with Crippen LogP contribution in [0.15, 0.2) is 67.0 Å². The van der Waals surface area contributed by atoms with Crippen molar-refractivity contribution in [3.05, 3.63) is 84.0 Å². The van der Waals surface area contributed by atoms with Gasteiger partial charge in [0.1, 0.15) is 17.3 Å².